The van der Waals surface area contributed by atoms with Crippen molar-refractivity contribution in [2.45, 2.75) is 35.3 Å². The van der Waals surface area contributed by atoms with Gasteiger partial charge in [0.2, 0.25) is 0 Å². The normalized spacial score (nSPS) is 32.0. The molecule has 26 heavy (non-hydrogen) atoms. The molecule has 2 heterocycles. The number of benzene rings is 1. The zero-order chi connectivity index (χ0) is 19.3. The SMILES string of the molecule is C=Cc1ccc(F)c([C@@]2(C)N=C(NC(=O)O)[C@@]3(CF)CC[C@@H]2S3(=O)=O)c1. The molecule has 1 fully saturated rings. The topological polar surface area (TPSA) is 95.8 Å². The summed E-state index contributed by atoms with van der Waals surface area (Å²) < 4.78 is 52.5. The van der Waals surface area contributed by atoms with Crippen molar-refractivity contribution in [3.05, 3.63) is 41.7 Å². The summed E-state index contributed by atoms with van der Waals surface area (Å²) in [7, 11) is -4.15. The van der Waals surface area contributed by atoms with Crippen LogP contribution in [0.3, 0.4) is 0 Å². The Morgan fingerprint density at radius 3 is 2.81 bits per heavy atom. The van der Waals surface area contributed by atoms with Crippen LogP contribution >= 0.6 is 0 Å². The largest absolute Gasteiger partial charge is 0.465 e. The Hall–Kier alpha value is -2.29. The maximum atomic E-state index is 14.6. The van der Waals surface area contributed by atoms with Crippen molar-refractivity contribution < 1.29 is 27.1 Å². The second-order valence-electron chi connectivity index (χ2n) is 6.68. The van der Waals surface area contributed by atoms with E-state index in [1.54, 1.807) is 0 Å². The van der Waals surface area contributed by atoms with Crippen molar-refractivity contribution >= 4 is 27.8 Å². The van der Waals surface area contributed by atoms with E-state index in [9.17, 15) is 22.0 Å². The summed E-state index contributed by atoms with van der Waals surface area (Å²) in [5.74, 6) is -1.17. The summed E-state index contributed by atoms with van der Waals surface area (Å²) in [4.78, 5) is 15.4. The Kier molecular flexibility index (Phi) is 4.18. The minimum Gasteiger partial charge on any atom is -0.465 e. The van der Waals surface area contributed by atoms with Gasteiger partial charge in [-0.2, -0.15) is 0 Å². The highest BCUT2D eigenvalue weighted by atomic mass is 32.2. The van der Waals surface area contributed by atoms with Crippen molar-refractivity contribution in [2.24, 2.45) is 4.99 Å². The van der Waals surface area contributed by atoms with Crippen molar-refractivity contribution in [3.8, 4) is 0 Å². The van der Waals surface area contributed by atoms with Crippen LogP contribution in [-0.2, 0) is 15.4 Å². The second kappa shape index (κ2) is 5.87. The van der Waals surface area contributed by atoms with Crippen LogP contribution in [0.4, 0.5) is 13.6 Å². The van der Waals surface area contributed by atoms with E-state index < -0.39 is 49.8 Å². The van der Waals surface area contributed by atoms with Crippen molar-refractivity contribution in [3.63, 3.8) is 0 Å². The molecule has 2 aliphatic rings. The van der Waals surface area contributed by atoms with E-state index in [-0.39, 0.29) is 18.4 Å². The molecule has 1 saturated heterocycles. The number of amidine groups is 1. The number of hydrogen-bond donors (Lipinski definition) is 2. The van der Waals surface area contributed by atoms with Crippen LogP contribution in [0.1, 0.15) is 30.9 Å². The Morgan fingerprint density at radius 1 is 1.54 bits per heavy atom. The van der Waals surface area contributed by atoms with Crippen LogP contribution < -0.4 is 5.32 Å². The number of hydrogen-bond acceptors (Lipinski definition) is 4. The van der Waals surface area contributed by atoms with Gasteiger partial charge in [0.1, 0.15) is 23.9 Å². The summed E-state index contributed by atoms with van der Waals surface area (Å²) in [5.41, 5.74) is -1.03. The van der Waals surface area contributed by atoms with Crippen molar-refractivity contribution in [2.75, 3.05) is 6.67 Å². The summed E-state index contributed by atoms with van der Waals surface area (Å²) in [6.45, 7) is 3.74. The molecule has 0 radical (unpaired) electrons. The number of amides is 1. The van der Waals surface area contributed by atoms with Crippen LogP contribution in [0.2, 0.25) is 0 Å². The predicted molar refractivity (Wildman–Crippen MR) is 93.1 cm³/mol. The molecule has 0 unspecified atom stereocenters. The lowest BCUT2D eigenvalue weighted by atomic mass is 9.86. The van der Waals surface area contributed by atoms with Crippen LogP contribution in [-0.4, -0.2) is 42.1 Å². The minimum atomic E-state index is -4.15. The first-order chi connectivity index (χ1) is 12.1. The van der Waals surface area contributed by atoms with Gasteiger partial charge in [0.25, 0.3) is 0 Å². The summed E-state index contributed by atoms with van der Waals surface area (Å²) in [6, 6.07) is 4.09. The lowest BCUT2D eigenvalue weighted by Crippen LogP contribution is -2.60. The minimum absolute atomic E-state index is 0.00234. The maximum absolute atomic E-state index is 14.6. The third-order valence-corrected chi connectivity index (χ3v) is 8.38. The van der Waals surface area contributed by atoms with E-state index in [0.717, 1.165) is 0 Å². The fourth-order valence-corrected chi connectivity index (χ4v) is 6.59. The average molecular weight is 384 g/mol. The summed E-state index contributed by atoms with van der Waals surface area (Å²) in [5, 5.41) is 9.84. The smallest absolute Gasteiger partial charge is 0.410 e. The van der Waals surface area contributed by atoms with E-state index in [0.29, 0.717) is 5.56 Å². The number of rotatable bonds is 3. The van der Waals surface area contributed by atoms with Gasteiger partial charge in [0.05, 0.1) is 5.25 Å². The molecule has 140 valence electrons. The highest BCUT2D eigenvalue weighted by Gasteiger charge is 2.66. The third-order valence-electron chi connectivity index (χ3n) is 5.34. The van der Waals surface area contributed by atoms with Crippen LogP contribution in [0.25, 0.3) is 6.08 Å². The maximum Gasteiger partial charge on any atom is 0.410 e. The lowest BCUT2D eigenvalue weighted by molar-refractivity contribution is 0.199. The number of alkyl halides is 1. The molecule has 3 atom stereocenters. The molecule has 0 aliphatic carbocycles. The number of halogens is 2. The fraction of sp³-hybridized carbons (Fsp3) is 0.412. The molecule has 0 saturated carbocycles. The molecular formula is C17H18F2N2O4S. The molecule has 1 aromatic rings. The number of aliphatic imine (C=N–C) groups is 1. The molecule has 2 aliphatic heterocycles. The first-order valence-electron chi connectivity index (χ1n) is 7.94. The molecule has 0 spiro atoms. The zero-order valence-corrected chi connectivity index (χ0v) is 14.8. The first kappa shape index (κ1) is 18.5. The third kappa shape index (κ3) is 2.29. The van der Waals surface area contributed by atoms with E-state index in [1.165, 1.54) is 31.2 Å². The molecule has 3 rings (SSSR count). The highest BCUT2D eigenvalue weighted by Crippen LogP contribution is 2.52. The molecular weight excluding hydrogens is 366 g/mol. The Bertz CT molecular complexity index is 931. The molecule has 9 heteroatoms. The van der Waals surface area contributed by atoms with Gasteiger partial charge in [0, 0.05) is 5.56 Å². The van der Waals surface area contributed by atoms with Crippen LogP contribution in [0.5, 0.6) is 0 Å². The fourth-order valence-electron chi connectivity index (χ4n) is 3.92. The van der Waals surface area contributed by atoms with Gasteiger partial charge >= 0.3 is 6.09 Å². The Balaban J connectivity index is 2.31. The molecule has 2 N–H and O–H groups in total. The number of carbonyl (C=O) groups is 1. The number of fused-ring (bicyclic) bond motifs is 2. The van der Waals surface area contributed by atoms with Gasteiger partial charge < -0.3 is 5.11 Å². The van der Waals surface area contributed by atoms with E-state index in [4.69, 9.17) is 5.11 Å². The molecule has 6 nitrogen and oxygen atoms in total. The van der Waals surface area contributed by atoms with Gasteiger partial charge in [0.15, 0.2) is 14.6 Å². The van der Waals surface area contributed by atoms with Gasteiger partial charge in [-0.25, -0.2) is 22.0 Å². The van der Waals surface area contributed by atoms with E-state index in [2.05, 4.69) is 11.6 Å². The van der Waals surface area contributed by atoms with Gasteiger partial charge in [-0.05, 0) is 37.5 Å². The first-order valence-corrected chi connectivity index (χ1v) is 9.49. The van der Waals surface area contributed by atoms with Crippen molar-refractivity contribution in [1.29, 1.82) is 0 Å². The summed E-state index contributed by atoms with van der Waals surface area (Å²) >= 11 is 0. The lowest BCUT2D eigenvalue weighted by Gasteiger charge is -2.40. The molecule has 1 amide bonds. The molecule has 2 bridgehead atoms. The zero-order valence-electron chi connectivity index (χ0n) is 14.0. The molecule has 0 aromatic heterocycles. The molecule has 1 aromatic carbocycles. The van der Waals surface area contributed by atoms with E-state index >= 15 is 0 Å². The monoisotopic (exact) mass is 384 g/mol. The number of sulfone groups is 1. The Labute approximate surface area is 149 Å². The number of nitrogens with zero attached hydrogens (tertiary/aromatic N) is 1. The van der Waals surface area contributed by atoms with Crippen LogP contribution in [0.15, 0.2) is 29.8 Å². The standard InChI is InChI=1S/C17H18F2N2O4S/c1-3-10-4-5-12(19)11(8-10)16(2)13-6-7-17(9-18,26(13,24)25)14(21-16)20-15(22)23/h3-5,8,13H,1,6-7,9H2,2H3,(H,20,21)(H,22,23)/t13-,16+,17-/m0/s1. The number of carboxylic acid groups (broad SMARTS) is 1. The van der Waals surface area contributed by atoms with Gasteiger partial charge in [-0.15, -0.1) is 0 Å². The van der Waals surface area contributed by atoms with E-state index in [1.807, 2.05) is 5.32 Å². The van der Waals surface area contributed by atoms with Gasteiger partial charge in [-0.3, -0.25) is 10.3 Å². The summed E-state index contributed by atoms with van der Waals surface area (Å²) in [6.07, 6.45) is -0.146. The number of nitrogens with one attached hydrogen (secondary N) is 1. The Morgan fingerprint density at radius 2 is 2.23 bits per heavy atom. The predicted octanol–water partition coefficient (Wildman–Crippen LogP) is 2.65. The average Bonchev–Trinajstić information content (AvgIpc) is 2.77. The van der Waals surface area contributed by atoms with Gasteiger partial charge in [-0.1, -0.05) is 18.7 Å². The second-order valence-corrected chi connectivity index (χ2v) is 9.12. The van der Waals surface area contributed by atoms with Crippen LogP contribution in [0, 0.1) is 5.82 Å². The quantitative estimate of drug-likeness (QED) is 0.837. The highest BCUT2D eigenvalue weighted by molar-refractivity contribution is 7.94. The van der Waals surface area contributed by atoms with Crippen molar-refractivity contribution in [1.82, 2.24) is 5.32 Å².